The van der Waals surface area contributed by atoms with Gasteiger partial charge >= 0.3 is 0 Å². The number of aryl methyl sites for hydroxylation is 1. The molecule has 98 valence electrons. The maximum absolute atomic E-state index is 5.87. The molecule has 0 radical (unpaired) electrons. The lowest BCUT2D eigenvalue weighted by molar-refractivity contribution is 0.227. The average Bonchev–Trinajstić information content (AvgIpc) is 2.83. The summed E-state index contributed by atoms with van der Waals surface area (Å²) in [5.74, 6) is 1.02. The highest BCUT2D eigenvalue weighted by atomic mass is 16.5. The zero-order valence-corrected chi connectivity index (χ0v) is 11.0. The van der Waals surface area contributed by atoms with Gasteiger partial charge < -0.3 is 10.1 Å². The van der Waals surface area contributed by atoms with E-state index in [4.69, 9.17) is 4.74 Å². The van der Waals surface area contributed by atoms with Gasteiger partial charge in [-0.1, -0.05) is 18.2 Å². The molecular weight excluding hydrogens is 238 g/mol. The highest BCUT2D eigenvalue weighted by Gasteiger charge is 2.21. The van der Waals surface area contributed by atoms with Gasteiger partial charge in [0.1, 0.15) is 11.9 Å². The number of fused-ring (bicyclic) bond motifs is 1. The molecule has 4 nitrogen and oxygen atoms in total. The Morgan fingerprint density at radius 3 is 2.95 bits per heavy atom. The lowest BCUT2D eigenvalue weighted by Gasteiger charge is -2.11. The third-order valence-corrected chi connectivity index (χ3v) is 3.23. The van der Waals surface area contributed by atoms with Crippen molar-refractivity contribution in [2.45, 2.75) is 26.0 Å². The lowest BCUT2D eigenvalue weighted by Crippen LogP contribution is -2.30. The molecule has 19 heavy (non-hydrogen) atoms. The largest absolute Gasteiger partial charge is 0.488 e. The summed E-state index contributed by atoms with van der Waals surface area (Å²) in [7, 11) is 0. The first-order valence-electron chi connectivity index (χ1n) is 6.54. The van der Waals surface area contributed by atoms with E-state index in [9.17, 15) is 0 Å². The Kier molecular flexibility index (Phi) is 3.42. The van der Waals surface area contributed by atoms with Crippen LogP contribution in [0.1, 0.15) is 17.0 Å². The Morgan fingerprint density at radius 2 is 2.16 bits per heavy atom. The van der Waals surface area contributed by atoms with E-state index in [2.05, 4.69) is 27.4 Å². The van der Waals surface area contributed by atoms with Crippen LogP contribution in [0.25, 0.3) is 0 Å². The SMILES string of the molecule is Cc1cnc(CNCC2Cc3ccccc3O2)cn1. The van der Waals surface area contributed by atoms with E-state index in [1.54, 1.807) is 6.20 Å². The summed E-state index contributed by atoms with van der Waals surface area (Å²) in [5, 5.41) is 3.37. The average molecular weight is 255 g/mol. The monoisotopic (exact) mass is 255 g/mol. The van der Waals surface area contributed by atoms with Crippen LogP contribution in [0.2, 0.25) is 0 Å². The normalized spacial score (nSPS) is 17.0. The number of nitrogens with zero attached hydrogens (tertiary/aromatic N) is 2. The summed E-state index contributed by atoms with van der Waals surface area (Å²) >= 11 is 0. The fraction of sp³-hybridized carbons (Fsp3) is 0.333. The van der Waals surface area contributed by atoms with Gasteiger partial charge in [0.05, 0.1) is 11.4 Å². The first-order chi connectivity index (χ1) is 9.31. The number of benzene rings is 1. The molecule has 1 aliphatic heterocycles. The van der Waals surface area contributed by atoms with Crippen LogP contribution in [-0.2, 0) is 13.0 Å². The van der Waals surface area contributed by atoms with E-state index in [-0.39, 0.29) is 6.10 Å². The summed E-state index contributed by atoms with van der Waals surface area (Å²) in [6.45, 7) is 3.49. The Labute approximate surface area is 112 Å². The summed E-state index contributed by atoms with van der Waals surface area (Å²) < 4.78 is 5.87. The maximum Gasteiger partial charge on any atom is 0.123 e. The van der Waals surface area contributed by atoms with Crippen LogP contribution in [0.15, 0.2) is 36.7 Å². The van der Waals surface area contributed by atoms with Crippen LogP contribution >= 0.6 is 0 Å². The lowest BCUT2D eigenvalue weighted by atomic mass is 10.1. The van der Waals surface area contributed by atoms with Gasteiger partial charge in [-0.15, -0.1) is 0 Å². The predicted octanol–water partition coefficient (Wildman–Crippen LogP) is 1.88. The first kappa shape index (κ1) is 12.1. The minimum Gasteiger partial charge on any atom is -0.488 e. The molecule has 1 N–H and O–H groups in total. The standard InChI is InChI=1S/C15H17N3O/c1-11-7-18-13(9-17-11)8-16-10-14-6-12-4-2-3-5-15(12)19-14/h2-5,7,9,14,16H,6,8,10H2,1H3. The molecule has 0 aliphatic carbocycles. The zero-order chi connectivity index (χ0) is 13.1. The minimum atomic E-state index is 0.218. The van der Waals surface area contributed by atoms with E-state index in [1.807, 2.05) is 25.3 Å². The highest BCUT2D eigenvalue weighted by molar-refractivity contribution is 5.37. The topological polar surface area (TPSA) is 47.0 Å². The van der Waals surface area contributed by atoms with E-state index in [0.29, 0.717) is 0 Å². The number of nitrogens with one attached hydrogen (secondary N) is 1. The van der Waals surface area contributed by atoms with Crippen molar-refractivity contribution in [1.82, 2.24) is 15.3 Å². The second-order valence-corrected chi connectivity index (χ2v) is 4.83. The first-order valence-corrected chi connectivity index (χ1v) is 6.54. The smallest absolute Gasteiger partial charge is 0.123 e. The van der Waals surface area contributed by atoms with Crippen LogP contribution in [0.3, 0.4) is 0 Å². The molecule has 0 saturated heterocycles. The van der Waals surface area contributed by atoms with Crippen molar-refractivity contribution in [2.75, 3.05) is 6.54 Å². The van der Waals surface area contributed by atoms with E-state index in [1.165, 1.54) is 5.56 Å². The molecule has 4 heteroatoms. The van der Waals surface area contributed by atoms with Crippen LogP contribution in [0, 0.1) is 6.92 Å². The summed E-state index contributed by atoms with van der Waals surface area (Å²) in [4.78, 5) is 8.54. The molecule has 0 bridgehead atoms. The molecular formula is C15H17N3O. The van der Waals surface area contributed by atoms with Gasteiger partial charge in [-0.25, -0.2) is 0 Å². The number of aromatic nitrogens is 2. The van der Waals surface area contributed by atoms with Gasteiger partial charge in [0.2, 0.25) is 0 Å². The molecule has 0 fully saturated rings. The van der Waals surface area contributed by atoms with Crippen LogP contribution < -0.4 is 10.1 Å². The Balaban J connectivity index is 1.48. The maximum atomic E-state index is 5.87. The second kappa shape index (κ2) is 5.36. The van der Waals surface area contributed by atoms with Crippen molar-refractivity contribution in [2.24, 2.45) is 0 Å². The summed E-state index contributed by atoms with van der Waals surface area (Å²) in [6.07, 6.45) is 4.80. The van der Waals surface area contributed by atoms with Crippen molar-refractivity contribution in [1.29, 1.82) is 0 Å². The third-order valence-electron chi connectivity index (χ3n) is 3.23. The van der Waals surface area contributed by atoms with E-state index >= 15 is 0 Å². The second-order valence-electron chi connectivity index (χ2n) is 4.83. The molecule has 0 saturated carbocycles. The molecule has 1 unspecified atom stereocenters. The van der Waals surface area contributed by atoms with Crippen LogP contribution in [0.4, 0.5) is 0 Å². The fourth-order valence-corrected chi connectivity index (χ4v) is 2.24. The molecule has 1 aromatic heterocycles. The van der Waals surface area contributed by atoms with Crippen molar-refractivity contribution in [3.05, 3.63) is 53.6 Å². The molecule has 2 aromatic rings. The van der Waals surface area contributed by atoms with Crippen molar-refractivity contribution in [3.63, 3.8) is 0 Å². The van der Waals surface area contributed by atoms with Crippen LogP contribution in [0.5, 0.6) is 5.75 Å². The number of rotatable bonds is 4. The molecule has 3 rings (SSSR count). The Bertz CT molecular complexity index is 529. The number of ether oxygens (including phenoxy) is 1. The molecule has 1 atom stereocenters. The van der Waals surface area contributed by atoms with Gasteiger partial charge in [0.25, 0.3) is 0 Å². The predicted molar refractivity (Wildman–Crippen MR) is 73.0 cm³/mol. The van der Waals surface area contributed by atoms with Gasteiger partial charge in [0, 0.05) is 31.9 Å². The van der Waals surface area contributed by atoms with Gasteiger partial charge in [-0.2, -0.15) is 0 Å². The third kappa shape index (κ3) is 2.90. The zero-order valence-electron chi connectivity index (χ0n) is 11.0. The number of hydrogen-bond acceptors (Lipinski definition) is 4. The Hall–Kier alpha value is -1.94. The van der Waals surface area contributed by atoms with E-state index < -0.39 is 0 Å². The van der Waals surface area contributed by atoms with E-state index in [0.717, 1.165) is 36.6 Å². The fourth-order valence-electron chi connectivity index (χ4n) is 2.24. The number of para-hydroxylation sites is 1. The van der Waals surface area contributed by atoms with Crippen molar-refractivity contribution in [3.8, 4) is 5.75 Å². The minimum absolute atomic E-state index is 0.218. The molecule has 0 amide bonds. The molecule has 1 aliphatic rings. The van der Waals surface area contributed by atoms with Gasteiger partial charge in [0.15, 0.2) is 0 Å². The van der Waals surface area contributed by atoms with Gasteiger partial charge in [-0.05, 0) is 18.6 Å². The van der Waals surface area contributed by atoms with Crippen molar-refractivity contribution >= 4 is 0 Å². The highest BCUT2D eigenvalue weighted by Crippen LogP contribution is 2.27. The number of hydrogen-bond donors (Lipinski definition) is 1. The van der Waals surface area contributed by atoms with Crippen LogP contribution in [-0.4, -0.2) is 22.6 Å². The molecule has 0 spiro atoms. The quantitative estimate of drug-likeness (QED) is 0.906. The Morgan fingerprint density at radius 1 is 1.26 bits per heavy atom. The summed E-state index contributed by atoms with van der Waals surface area (Å²) in [5.41, 5.74) is 3.20. The molecule has 1 aromatic carbocycles. The van der Waals surface area contributed by atoms with Crippen molar-refractivity contribution < 1.29 is 4.74 Å². The summed E-state index contributed by atoms with van der Waals surface area (Å²) in [6, 6.07) is 8.22. The molecule has 2 heterocycles. The van der Waals surface area contributed by atoms with Gasteiger partial charge in [-0.3, -0.25) is 9.97 Å².